The van der Waals surface area contributed by atoms with Gasteiger partial charge in [-0.1, -0.05) is 18.2 Å². The van der Waals surface area contributed by atoms with Gasteiger partial charge in [0.15, 0.2) is 0 Å². The van der Waals surface area contributed by atoms with Crippen LogP contribution in [0.25, 0.3) is 9.75 Å². The van der Waals surface area contributed by atoms with Crippen LogP contribution < -0.4 is 4.74 Å². The molecule has 0 spiro atoms. The van der Waals surface area contributed by atoms with Gasteiger partial charge in [0.1, 0.15) is 5.75 Å². The molecule has 1 unspecified atom stereocenters. The molecule has 1 N–H and O–H groups in total. The fraction of sp³-hybridized carbons (Fsp3) is 0.222. The van der Waals surface area contributed by atoms with E-state index in [0.717, 1.165) is 21.8 Å². The highest BCUT2D eigenvalue weighted by molar-refractivity contribution is 7.20. The van der Waals surface area contributed by atoms with E-state index in [2.05, 4.69) is 11.4 Å². The molecule has 2 heterocycles. The van der Waals surface area contributed by atoms with Crippen LogP contribution in [0.4, 0.5) is 0 Å². The Balaban J connectivity index is 1.88. The van der Waals surface area contributed by atoms with E-state index in [4.69, 9.17) is 4.74 Å². The van der Waals surface area contributed by atoms with Crippen LogP contribution in [0.2, 0.25) is 0 Å². The summed E-state index contributed by atoms with van der Waals surface area (Å²) in [5, 5.41) is 15.1. The van der Waals surface area contributed by atoms with E-state index in [-0.39, 0.29) is 0 Å². The molecule has 0 radical (unpaired) electrons. The summed E-state index contributed by atoms with van der Waals surface area (Å²) in [6, 6.07) is 14.0. The van der Waals surface area contributed by atoms with Gasteiger partial charge in [-0.2, -0.15) is 0 Å². The minimum absolute atomic E-state index is 0.575. The lowest BCUT2D eigenvalue weighted by atomic mass is 9.89. The van der Waals surface area contributed by atoms with Crippen molar-refractivity contribution < 1.29 is 9.84 Å². The van der Waals surface area contributed by atoms with Crippen molar-refractivity contribution >= 4 is 22.7 Å². The molecule has 1 aromatic carbocycles. The SMILES string of the molecule is COc1ccc(CC(C)(O)c2ccsc2-c2cccs2)cc1. The molecule has 1 atom stereocenters. The normalized spacial score (nSPS) is 13.8. The van der Waals surface area contributed by atoms with Gasteiger partial charge >= 0.3 is 0 Å². The summed E-state index contributed by atoms with van der Waals surface area (Å²) in [5.74, 6) is 0.832. The Morgan fingerprint density at radius 2 is 1.82 bits per heavy atom. The van der Waals surface area contributed by atoms with Gasteiger partial charge in [0.25, 0.3) is 0 Å². The third-order valence-corrected chi connectivity index (χ3v) is 5.66. The van der Waals surface area contributed by atoms with Crippen LogP contribution in [0.15, 0.2) is 53.2 Å². The summed E-state index contributed by atoms with van der Waals surface area (Å²) < 4.78 is 5.18. The molecular weight excluding hydrogens is 312 g/mol. The van der Waals surface area contributed by atoms with Gasteiger partial charge in [0, 0.05) is 16.9 Å². The maximum atomic E-state index is 11.0. The zero-order valence-electron chi connectivity index (χ0n) is 12.6. The van der Waals surface area contributed by atoms with Crippen LogP contribution in [0.1, 0.15) is 18.1 Å². The molecular formula is C18H18O2S2. The summed E-state index contributed by atoms with van der Waals surface area (Å²) >= 11 is 3.39. The first-order chi connectivity index (χ1) is 10.6. The summed E-state index contributed by atoms with van der Waals surface area (Å²) in [6.45, 7) is 1.89. The molecule has 0 aliphatic carbocycles. The average Bonchev–Trinajstić information content (AvgIpc) is 3.18. The lowest BCUT2D eigenvalue weighted by Gasteiger charge is -2.24. The van der Waals surface area contributed by atoms with Crippen molar-refractivity contribution in [1.82, 2.24) is 0 Å². The molecule has 0 bridgehead atoms. The molecule has 3 aromatic rings. The monoisotopic (exact) mass is 330 g/mol. The van der Waals surface area contributed by atoms with E-state index < -0.39 is 5.60 Å². The first kappa shape index (κ1) is 15.3. The average molecular weight is 330 g/mol. The highest BCUT2D eigenvalue weighted by atomic mass is 32.1. The van der Waals surface area contributed by atoms with E-state index in [0.29, 0.717) is 6.42 Å². The second-order valence-electron chi connectivity index (χ2n) is 5.44. The lowest BCUT2D eigenvalue weighted by molar-refractivity contribution is 0.0586. The van der Waals surface area contributed by atoms with Crippen LogP contribution in [-0.4, -0.2) is 12.2 Å². The fourth-order valence-corrected chi connectivity index (χ4v) is 4.47. The van der Waals surface area contributed by atoms with Gasteiger partial charge in [-0.3, -0.25) is 0 Å². The van der Waals surface area contributed by atoms with Crippen molar-refractivity contribution in [3.63, 3.8) is 0 Å². The minimum atomic E-state index is -0.895. The van der Waals surface area contributed by atoms with Crippen molar-refractivity contribution in [3.8, 4) is 15.5 Å². The van der Waals surface area contributed by atoms with Gasteiger partial charge in [0.05, 0.1) is 17.6 Å². The predicted octanol–water partition coefficient (Wildman–Crippen LogP) is 4.94. The van der Waals surface area contributed by atoms with Crippen LogP contribution in [0, 0.1) is 0 Å². The number of ether oxygens (including phenoxy) is 1. The van der Waals surface area contributed by atoms with Crippen molar-refractivity contribution in [1.29, 1.82) is 0 Å². The Bertz CT molecular complexity index is 725. The van der Waals surface area contributed by atoms with Gasteiger partial charge in [0.2, 0.25) is 0 Å². The number of methoxy groups -OCH3 is 1. The Kier molecular flexibility index (Phi) is 4.34. The second kappa shape index (κ2) is 6.24. The largest absolute Gasteiger partial charge is 0.497 e. The van der Waals surface area contributed by atoms with Gasteiger partial charge in [-0.25, -0.2) is 0 Å². The molecule has 2 nitrogen and oxygen atoms in total. The summed E-state index contributed by atoms with van der Waals surface area (Å²) in [5.41, 5.74) is 1.19. The molecule has 4 heteroatoms. The number of hydrogen-bond donors (Lipinski definition) is 1. The molecule has 0 fully saturated rings. The van der Waals surface area contributed by atoms with E-state index in [1.54, 1.807) is 29.8 Å². The second-order valence-corrected chi connectivity index (χ2v) is 7.30. The van der Waals surface area contributed by atoms with Crippen molar-refractivity contribution in [3.05, 3.63) is 64.4 Å². The van der Waals surface area contributed by atoms with E-state index in [1.807, 2.05) is 48.7 Å². The Morgan fingerprint density at radius 3 is 2.45 bits per heavy atom. The molecule has 2 aromatic heterocycles. The topological polar surface area (TPSA) is 29.5 Å². The summed E-state index contributed by atoms with van der Waals surface area (Å²) in [7, 11) is 1.66. The molecule has 0 saturated carbocycles. The van der Waals surface area contributed by atoms with E-state index in [9.17, 15) is 5.11 Å². The first-order valence-electron chi connectivity index (χ1n) is 7.07. The predicted molar refractivity (Wildman–Crippen MR) is 93.9 cm³/mol. The lowest BCUT2D eigenvalue weighted by Crippen LogP contribution is -2.24. The minimum Gasteiger partial charge on any atom is -0.497 e. The number of benzene rings is 1. The van der Waals surface area contributed by atoms with Crippen LogP contribution >= 0.6 is 22.7 Å². The molecule has 0 aliphatic heterocycles. The Hall–Kier alpha value is -1.62. The van der Waals surface area contributed by atoms with Gasteiger partial charge < -0.3 is 9.84 Å². The van der Waals surface area contributed by atoms with Crippen LogP contribution in [0.3, 0.4) is 0 Å². The number of thiophene rings is 2. The maximum Gasteiger partial charge on any atom is 0.118 e. The van der Waals surface area contributed by atoms with Crippen molar-refractivity contribution in [2.45, 2.75) is 18.9 Å². The zero-order valence-corrected chi connectivity index (χ0v) is 14.2. The Morgan fingerprint density at radius 1 is 1.05 bits per heavy atom. The van der Waals surface area contributed by atoms with E-state index >= 15 is 0 Å². The molecule has 0 aliphatic rings. The number of aliphatic hydroxyl groups is 1. The Labute approximate surface area is 138 Å². The zero-order chi connectivity index (χ0) is 15.6. The molecule has 3 rings (SSSR count). The highest BCUT2D eigenvalue weighted by Crippen LogP contribution is 2.39. The number of rotatable bonds is 5. The smallest absolute Gasteiger partial charge is 0.118 e. The summed E-state index contributed by atoms with van der Waals surface area (Å²) in [6.07, 6.45) is 0.575. The van der Waals surface area contributed by atoms with Crippen molar-refractivity contribution in [2.75, 3.05) is 7.11 Å². The van der Waals surface area contributed by atoms with Gasteiger partial charge in [-0.05, 0) is 47.5 Å². The maximum absolute atomic E-state index is 11.0. The molecule has 114 valence electrons. The fourth-order valence-electron chi connectivity index (χ4n) is 2.57. The van der Waals surface area contributed by atoms with Crippen LogP contribution in [-0.2, 0) is 12.0 Å². The van der Waals surface area contributed by atoms with Gasteiger partial charge in [-0.15, -0.1) is 22.7 Å². The quantitative estimate of drug-likeness (QED) is 0.718. The molecule has 0 saturated heterocycles. The molecule has 22 heavy (non-hydrogen) atoms. The van der Waals surface area contributed by atoms with E-state index in [1.165, 1.54) is 4.88 Å². The van der Waals surface area contributed by atoms with Crippen LogP contribution in [0.5, 0.6) is 5.75 Å². The summed E-state index contributed by atoms with van der Waals surface area (Å²) in [4.78, 5) is 2.37. The van der Waals surface area contributed by atoms with Crippen molar-refractivity contribution in [2.24, 2.45) is 0 Å². The number of hydrogen-bond acceptors (Lipinski definition) is 4. The standard InChI is InChI=1S/C18H18O2S2/c1-18(19,12-13-5-7-14(20-2)8-6-13)15-9-11-22-17(15)16-4-3-10-21-16/h3-11,19H,12H2,1-2H3. The third-order valence-electron chi connectivity index (χ3n) is 3.70. The third kappa shape index (κ3) is 3.09. The first-order valence-corrected chi connectivity index (χ1v) is 8.83. The molecule has 0 amide bonds. The highest BCUT2D eigenvalue weighted by Gasteiger charge is 2.28.